The number of benzene rings is 1. The van der Waals surface area contributed by atoms with E-state index in [1.165, 1.54) is 12.0 Å². The zero-order valence-electron chi connectivity index (χ0n) is 10.4. The zero-order valence-corrected chi connectivity index (χ0v) is 12.8. The van der Waals surface area contributed by atoms with Gasteiger partial charge in [0, 0.05) is 16.2 Å². The number of fused-ring (bicyclic) bond motifs is 1. The molecule has 0 spiro atoms. The molecule has 2 aliphatic rings. The maximum atomic E-state index is 10.8. The molecular formula is C14H16ClNOS2. The van der Waals surface area contributed by atoms with E-state index in [0.29, 0.717) is 4.32 Å². The number of thioether (sulfide) groups is 1. The Morgan fingerprint density at radius 2 is 2.05 bits per heavy atom. The van der Waals surface area contributed by atoms with Gasteiger partial charge in [-0.05, 0) is 37.0 Å². The molecule has 3 rings (SSSR count). The lowest BCUT2D eigenvalue weighted by Crippen LogP contribution is -2.58. The standard InChI is InChI=1S/C14H16ClNOS2/c15-10-6-4-9(5-7-10)12-11-3-1-2-8-14(11,17)16-13(18)19-12/h4-7,11-12,17H,1-3,8H2,(H,16,18)/t11-,12-,14-/m1/s1. The highest BCUT2D eigenvalue weighted by Gasteiger charge is 2.48. The molecule has 0 amide bonds. The van der Waals surface area contributed by atoms with Crippen LogP contribution in [0.3, 0.4) is 0 Å². The monoisotopic (exact) mass is 313 g/mol. The number of halogens is 1. The van der Waals surface area contributed by atoms with Crippen LogP contribution in [0.4, 0.5) is 0 Å². The van der Waals surface area contributed by atoms with Crippen LogP contribution in [-0.2, 0) is 0 Å². The van der Waals surface area contributed by atoms with Gasteiger partial charge < -0.3 is 10.4 Å². The van der Waals surface area contributed by atoms with Gasteiger partial charge in [0.2, 0.25) is 0 Å². The molecule has 1 aromatic rings. The molecule has 2 fully saturated rings. The highest BCUT2D eigenvalue weighted by molar-refractivity contribution is 8.23. The van der Waals surface area contributed by atoms with Gasteiger partial charge in [-0.25, -0.2) is 0 Å². The van der Waals surface area contributed by atoms with Gasteiger partial charge in [0.1, 0.15) is 10.0 Å². The first-order chi connectivity index (χ1) is 9.08. The van der Waals surface area contributed by atoms with Gasteiger partial charge in [0.15, 0.2) is 0 Å². The van der Waals surface area contributed by atoms with Gasteiger partial charge in [-0.15, -0.1) is 0 Å². The normalized spacial score (nSPS) is 34.5. The summed E-state index contributed by atoms with van der Waals surface area (Å²) in [7, 11) is 0. The fourth-order valence-corrected chi connectivity index (χ4v) is 5.00. The Morgan fingerprint density at radius 1 is 1.32 bits per heavy atom. The van der Waals surface area contributed by atoms with Gasteiger partial charge in [-0.2, -0.15) is 0 Å². The highest BCUT2D eigenvalue weighted by Crippen LogP contribution is 2.50. The summed E-state index contributed by atoms with van der Waals surface area (Å²) in [6.07, 6.45) is 4.04. The largest absolute Gasteiger partial charge is 0.371 e. The van der Waals surface area contributed by atoms with Crippen LogP contribution in [0.15, 0.2) is 24.3 Å². The summed E-state index contributed by atoms with van der Waals surface area (Å²) in [6, 6.07) is 7.90. The van der Waals surface area contributed by atoms with Crippen LogP contribution < -0.4 is 5.32 Å². The average Bonchev–Trinajstić information content (AvgIpc) is 2.37. The smallest absolute Gasteiger partial charge is 0.140 e. The highest BCUT2D eigenvalue weighted by atomic mass is 35.5. The van der Waals surface area contributed by atoms with Crippen LogP contribution in [0.5, 0.6) is 0 Å². The predicted molar refractivity (Wildman–Crippen MR) is 84.4 cm³/mol. The minimum absolute atomic E-state index is 0.208. The molecular weight excluding hydrogens is 298 g/mol. The van der Waals surface area contributed by atoms with Gasteiger partial charge >= 0.3 is 0 Å². The third kappa shape index (κ3) is 2.64. The van der Waals surface area contributed by atoms with Crippen molar-refractivity contribution in [3.63, 3.8) is 0 Å². The average molecular weight is 314 g/mol. The van der Waals surface area contributed by atoms with Crippen molar-refractivity contribution in [2.45, 2.75) is 36.7 Å². The van der Waals surface area contributed by atoms with Gasteiger partial charge in [0.05, 0.1) is 0 Å². The van der Waals surface area contributed by atoms with Crippen LogP contribution >= 0.6 is 35.6 Å². The Labute approximate surface area is 127 Å². The molecule has 1 aliphatic heterocycles. The van der Waals surface area contributed by atoms with Crippen molar-refractivity contribution in [3.05, 3.63) is 34.9 Å². The van der Waals surface area contributed by atoms with Crippen LogP contribution in [0.2, 0.25) is 5.02 Å². The number of hydrogen-bond acceptors (Lipinski definition) is 3. The first-order valence-electron chi connectivity index (χ1n) is 6.55. The number of nitrogens with one attached hydrogen (secondary N) is 1. The fraction of sp³-hybridized carbons (Fsp3) is 0.500. The topological polar surface area (TPSA) is 32.3 Å². The Hall–Kier alpha value is -0.290. The second-order valence-electron chi connectivity index (χ2n) is 5.28. The molecule has 0 aromatic heterocycles. The van der Waals surface area contributed by atoms with Gasteiger partial charge in [-0.1, -0.05) is 54.1 Å². The minimum Gasteiger partial charge on any atom is -0.371 e. The fourth-order valence-electron chi connectivity index (χ4n) is 3.10. The minimum atomic E-state index is -0.828. The van der Waals surface area contributed by atoms with E-state index in [9.17, 15) is 5.11 Å². The number of aliphatic hydroxyl groups is 1. The molecule has 19 heavy (non-hydrogen) atoms. The van der Waals surface area contributed by atoms with E-state index < -0.39 is 5.72 Å². The van der Waals surface area contributed by atoms with E-state index >= 15 is 0 Å². The first kappa shape index (κ1) is 13.7. The Morgan fingerprint density at radius 3 is 2.79 bits per heavy atom. The summed E-state index contributed by atoms with van der Waals surface area (Å²) < 4.78 is 0.695. The van der Waals surface area contributed by atoms with Crippen molar-refractivity contribution in [1.82, 2.24) is 5.32 Å². The molecule has 3 atom stereocenters. The van der Waals surface area contributed by atoms with Gasteiger partial charge in [-0.3, -0.25) is 0 Å². The molecule has 1 aliphatic carbocycles. The van der Waals surface area contributed by atoms with E-state index in [-0.39, 0.29) is 11.2 Å². The maximum absolute atomic E-state index is 10.8. The number of rotatable bonds is 1. The quantitative estimate of drug-likeness (QED) is 0.771. The lowest BCUT2D eigenvalue weighted by molar-refractivity contribution is -0.0632. The van der Waals surface area contributed by atoms with Crippen LogP contribution in [0, 0.1) is 5.92 Å². The molecule has 5 heteroatoms. The molecule has 0 radical (unpaired) electrons. The molecule has 2 nitrogen and oxygen atoms in total. The molecule has 0 unspecified atom stereocenters. The summed E-state index contributed by atoms with van der Waals surface area (Å²) in [6.45, 7) is 0. The second-order valence-corrected chi connectivity index (χ2v) is 7.53. The second kappa shape index (κ2) is 5.24. The molecule has 1 saturated heterocycles. The van der Waals surface area contributed by atoms with Gasteiger partial charge in [0.25, 0.3) is 0 Å². The van der Waals surface area contributed by atoms with Crippen molar-refractivity contribution < 1.29 is 5.11 Å². The van der Waals surface area contributed by atoms with Crippen molar-refractivity contribution in [3.8, 4) is 0 Å². The van der Waals surface area contributed by atoms with Crippen molar-refractivity contribution in [2.75, 3.05) is 0 Å². The van der Waals surface area contributed by atoms with E-state index in [1.807, 2.05) is 24.3 Å². The van der Waals surface area contributed by atoms with Crippen LogP contribution in [-0.4, -0.2) is 15.2 Å². The number of hydrogen-bond donors (Lipinski definition) is 2. The van der Waals surface area contributed by atoms with Crippen molar-refractivity contribution in [1.29, 1.82) is 0 Å². The molecule has 0 bridgehead atoms. The van der Waals surface area contributed by atoms with Crippen LogP contribution in [0.1, 0.15) is 36.5 Å². The van der Waals surface area contributed by atoms with E-state index in [4.69, 9.17) is 23.8 Å². The Bertz CT molecular complexity index is 493. The Balaban J connectivity index is 1.94. The molecule has 102 valence electrons. The van der Waals surface area contributed by atoms with E-state index in [2.05, 4.69) is 5.32 Å². The Kier molecular flexibility index (Phi) is 3.78. The predicted octanol–water partition coefficient (Wildman–Crippen LogP) is 3.88. The number of thiocarbonyl (C=S) groups is 1. The maximum Gasteiger partial charge on any atom is 0.140 e. The lowest BCUT2D eigenvalue weighted by Gasteiger charge is -2.48. The lowest BCUT2D eigenvalue weighted by atomic mass is 9.77. The first-order valence-corrected chi connectivity index (χ1v) is 8.22. The van der Waals surface area contributed by atoms with E-state index in [0.717, 1.165) is 24.3 Å². The summed E-state index contributed by atoms with van der Waals surface area (Å²) >= 11 is 12.9. The molecule has 1 aromatic carbocycles. The van der Waals surface area contributed by atoms with Crippen molar-refractivity contribution in [2.24, 2.45) is 5.92 Å². The van der Waals surface area contributed by atoms with E-state index in [1.54, 1.807) is 11.8 Å². The third-order valence-electron chi connectivity index (χ3n) is 4.05. The zero-order chi connectivity index (χ0) is 13.5. The third-order valence-corrected chi connectivity index (χ3v) is 5.87. The summed E-state index contributed by atoms with van der Waals surface area (Å²) in [5.74, 6) is 0.208. The SMILES string of the molecule is O[C@]12CCCC[C@@H]1[C@@H](c1ccc(Cl)cc1)SC(=S)N2. The molecule has 1 saturated carbocycles. The van der Waals surface area contributed by atoms with Crippen LogP contribution in [0.25, 0.3) is 0 Å². The molecule has 2 N–H and O–H groups in total. The van der Waals surface area contributed by atoms with Crippen molar-refractivity contribution >= 4 is 39.9 Å². The summed E-state index contributed by atoms with van der Waals surface area (Å²) in [5.41, 5.74) is 0.369. The molecule has 1 heterocycles. The summed E-state index contributed by atoms with van der Waals surface area (Å²) in [4.78, 5) is 0. The summed E-state index contributed by atoms with van der Waals surface area (Å²) in [5, 5.41) is 14.9.